The lowest BCUT2D eigenvalue weighted by Gasteiger charge is -2.19. The van der Waals surface area contributed by atoms with Gasteiger partial charge in [-0.2, -0.15) is 0 Å². The minimum atomic E-state index is 0.0121. The number of hydrogen-bond acceptors (Lipinski definition) is 4. The molecule has 1 aromatic carbocycles. The summed E-state index contributed by atoms with van der Waals surface area (Å²) in [5.41, 5.74) is 0.611. The second kappa shape index (κ2) is 5.45. The van der Waals surface area contributed by atoms with Crippen LogP contribution in [0, 0.1) is 0 Å². The van der Waals surface area contributed by atoms with Crippen molar-refractivity contribution in [3.8, 4) is 11.5 Å². The molecule has 0 unspecified atom stereocenters. The van der Waals surface area contributed by atoms with Gasteiger partial charge < -0.3 is 9.47 Å². The number of rotatable bonds is 4. The molecule has 0 amide bonds. The number of benzene rings is 1. The zero-order valence-corrected chi connectivity index (χ0v) is 10.9. The highest BCUT2D eigenvalue weighted by Crippen LogP contribution is 2.38. The molecule has 1 aliphatic heterocycles. The Morgan fingerprint density at radius 3 is 3.06 bits per heavy atom. The van der Waals surface area contributed by atoms with E-state index < -0.39 is 0 Å². The van der Waals surface area contributed by atoms with Crippen LogP contribution in [0.15, 0.2) is 17.0 Å². The van der Waals surface area contributed by atoms with Crippen LogP contribution in [0.4, 0.5) is 0 Å². The van der Waals surface area contributed by atoms with Gasteiger partial charge in [-0.3, -0.25) is 4.79 Å². The third kappa shape index (κ3) is 2.75. The maximum absolute atomic E-state index is 11.6. The van der Waals surface area contributed by atoms with Crippen molar-refractivity contribution in [2.75, 3.05) is 19.0 Å². The summed E-state index contributed by atoms with van der Waals surface area (Å²) in [4.78, 5) is 12.6. The summed E-state index contributed by atoms with van der Waals surface area (Å²) in [5, 5.41) is 0. The summed E-state index contributed by atoms with van der Waals surface area (Å²) in [6.07, 6.45) is 0.929. The van der Waals surface area contributed by atoms with E-state index in [0.29, 0.717) is 24.5 Å². The first-order chi connectivity index (χ1) is 8.22. The minimum absolute atomic E-state index is 0.0121. The van der Waals surface area contributed by atoms with Gasteiger partial charge in [-0.25, -0.2) is 0 Å². The summed E-state index contributed by atoms with van der Waals surface area (Å²) in [6, 6.07) is 3.72. The third-order valence-electron chi connectivity index (χ3n) is 2.49. The molecule has 92 valence electrons. The number of ether oxygens (including phenoxy) is 2. The Hall–Kier alpha value is -1.16. The van der Waals surface area contributed by atoms with Gasteiger partial charge in [-0.15, -0.1) is 11.8 Å². The van der Waals surface area contributed by atoms with Crippen LogP contribution >= 0.6 is 11.8 Å². The molecular formula is C13H16O3S. The van der Waals surface area contributed by atoms with Crippen molar-refractivity contribution >= 4 is 17.5 Å². The average molecular weight is 252 g/mol. The van der Waals surface area contributed by atoms with Gasteiger partial charge in [0.2, 0.25) is 0 Å². The van der Waals surface area contributed by atoms with E-state index in [1.54, 1.807) is 24.8 Å². The number of Topliss-reactive ketones (excluding diaryl/α,β-unsaturated/α-hetero) is 1. The van der Waals surface area contributed by atoms with E-state index in [1.165, 1.54) is 0 Å². The van der Waals surface area contributed by atoms with E-state index >= 15 is 0 Å². The van der Waals surface area contributed by atoms with Gasteiger partial charge >= 0.3 is 0 Å². The van der Waals surface area contributed by atoms with E-state index in [9.17, 15) is 4.79 Å². The highest BCUT2D eigenvalue weighted by Gasteiger charge is 2.18. The average Bonchev–Trinajstić information content (AvgIpc) is 2.35. The highest BCUT2D eigenvalue weighted by molar-refractivity contribution is 7.99. The van der Waals surface area contributed by atoms with E-state index in [1.807, 2.05) is 13.0 Å². The van der Waals surface area contributed by atoms with Crippen molar-refractivity contribution in [2.24, 2.45) is 0 Å². The Kier molecular flexibility index (Phi) is 3.94. The van der Waals surface area contributed by atoms with Crippen LogP contribution in [0.3, 0.4) is 0 Å². The van der Waals surface area contributed by atoms with E-state index in [4.69, 9.17) is 9.47 Å². The minimum Gasteiger partial charge on any atom is -0.493 e. The zero-order valence-electron chi connectivity index (χ0n) is 10.1. The fourth-order valence-corrected chi connectivity index (χ4v) is 2.51. The normalized spacial score (nSPS) is 13.8. The standard InChI is InChI=1S/C13H16O3S/c1-3-4-15-11-8-13-12(16-5-6-17-13)7-10(11)9(2)14/h7-8H,3-6H2,1-2H3. The van der Waals surface area contributed by atoms with Gasteiger partial charge in [0.05, 0.1) is 23.7 Å². The molecule has 0 bridgehead atoms. The van der Waals surface area contributed by atoms with Crippen LogP contribution in [-0.2, 0) is 0 Å². The van der Waals surface area contributed by atoms with Gasteiger partial charge in [0.1, 0.15) is 11.5 Å². The second-order valence-electron chi connectivity index (χ2n) is 3.90. The molecule has 1 heterocycles. The van der Waals surface area contributed by atoms with Crippen molar-refractivity contribution < 1.29 is 14.3 Å². The molecule has 2 rings (SSSR count). The van der Waals surface area contributed by atoms with Crippen LogP contribution in [0.2, 0.25) is 0 Å². The molecular weight excluding hydrogens is 236 g/mol. The van der Waals surface area contributed by atoms with Gasteiger partial charge in [-0.1, -0.05) is 6.92 Å². The molecule has 0 spiro atoms. The van der Waals surface area contributed by atoms with Crippen molar-refractivity contribution in [1.29, 1.82) is 0 Å². The molecule has 1 aromatic rings. The first-order valence-corrected chi connectivity index (χ1v) is 6.78. The Bertz CT molecular complexity index is 429. The lowest BCUT2D eigenvalue weighted by Crippen LogP contribution is -2.09. The van der Waals surface area contributed by atoms with Crippen molar-refractivity contribution in [1.82, 2.24) is 0 Å². The maximum atomic E-state index is 11.6. The second-order valence-corrected chi connectivity index (χ2v) is 5.03. The van der Waals surface area contributed by atoms with Crippen molar-refractivity contribution in [2.45, 2.75) is 25.2 Å². The fourth-order valence-electron chi connectivity index (χ4n) is 1.68. The predicted molar refractivity (Wildman–Crippen MR) is 68.5 cm³/mol. The molecule has 0 fully saturated rings. The van der Waals surface area contributed by atoms with E-state index in [0.717, 1.165) is 22.8 Å². The van der Waals surface area contributed by atoms with Crippen molar-refractivity contribution in [3.63, 3.8) is 0 Å². The van der Waals surface area contributed by atoms with Gasteiger partial charge in [0.25, 0.3) is 0 Å². The maximum Gasteiger partial charge on any atom is 0.163 e. The Balaban J connectivity index is 2.37. The van der Waals surface area contributed by atoms with E-state index in [-0.39, 0.29) is 5.78 Å². The Morgan fingerprint density at radius 1 is 1.53 bits per heavy atom. The van der Waals surface area contributed by atoms with Gasteiger partial charge in [0, 0.05) is 5.75 Å². The lowest BCUT2D eigenvalue weighted by atomic mass is 10.1. The molecule has 3 nitrogen and oxygen atoms in total. The molecule has 17 heavy (non-hydrogen) atoms. The predicted octanol–water partition coefficient (Wildman–Crippen LogP) is 3.16. The Morgan fingerprint density at radius 2 is 2.35 bits per heavy atom. The van der Waals surface area contributed by atoms with Crippen LogP contribution in [0.25, 0.3) is 0 Å². The summed E-state index contributed by atoms with van der Waals surface area (Å²) in [5.74, 6) is 2.43. The first-order valence-electron chi connectivity index (χ1n) is 5.79. The molecule has 0 aromatic heterocycles. The van der Waals surface area contributed by atoms with E-state index in [2.05, 4.69) is 0 Å². The highest BCUT2D eigenvalue weighted by atomic mass is 32.2. The SMILES string of the molecule is CCCOc1cc2c(cc1C(C)=O)OCCS2. The zero-order chi connectivity index (χ0) is 12.3. The topological polar surface area (TPSA) is 35.5 Å². The van der Waals surface area contributed by atoms with Crippen LogP contribution in [0.1, 0.15) is 30.6 Å². The fraction of sp³-hybridized carbons (Fsp3) is 0.462. The first kappa shape index (κ1) is 12.3. The smallest absolute Gasteiger partial charge is 0.163 e. The molecule has 0 atom stereocenters. The molecule has 0 N–H and O–H groups in total. The van der Waals surface area contributed by atoms with Crippen LogP contribution in [0.5, 0.6) is 11.5 Å². The number of thioether (sulfide) groups is 1. The third-order valence-corrected chi connectivity index (χ3v) is 3.49. The molecule has 4 heteroatoms. The summed E-state index contributed by atoms with van der Waals surface area (Å²) >= 11 is 1.74. The van der Waals surface area contributed by atoms with Crippen molar-refractivity contribution in [3.05, 3.63) is 17.7 Å². The van der Waals surface area contributed by atoms with Crippen LogP contribution in [-0.4, -0.2) is 24.7 Å². The summed E-state index contributed by atoms with van der Waals surface area (Å²) in [6.45, 7) is 4.93. The quantitative estimate of drug-likeness (QED) is 0.771. The van der Waals surface area contributed by atoms with Gasteiger partial charge in [0.15, 0.2) is 5.78 Å². The molecule has 0 saturated heterocycles. The summed E-state index contributed by atoms with van der Waals surface area (Å²) < 4.78 is 11.2. The molecule has 1 aliphatic rings. The van der Waals surface area contributed by atoms with Gasteiger partial charge in [-0.05, 0) is 25.5 Å². The molecule has 0 saturated carbocycles. The number of hydrogen-bond donors (Lipinski definition) is 0. The number of fused-ring (bicyclic) bond motifs is 1. The number of carbonyl (C=O) groups excluding carboxylic acids is 1. The largest absolute Gasteiger partial charge is 0.493 e. The van der Waals surface area contributed by atoms with Crippen LogP contribution < -0.4 is 9.47 Å². The number of carbonyl (C=O) groups is 1. The molecule has 0 aliphatic carbocycles. The summed E-state index contributed by atoms with van der Waals surface area (Å²) in [7, 11) is 0. The number of ketones is 1. The molecule has 0 radical (unpaired) electrons. The monoisotopic (exact) mass is 252 g/mol. The lowest BCUT2D eigenvalue weighted by molar-refractivity contribution is 0.101. The Labute approximate surface area is 105 Å².